The molecule has 1 atom stereocenters. The monoisotopic (exact) mass is 429 g/mol. The minimum Gasteiger partial charge on any atom is -0.481 e. The Morgan fingerprint density at radius 1 is 1.13 bits per heavy atom. The van der Waals surface area contributed by atoms with Gasteiger partial charge in [-0.05, 0) is 55.8 Å². The third-order valence-electron chi connectivity index (χ3n) is 4.35. The van der Waals surface area contributed by atoms with Crippen LogP contribution < -0.4 is 15.6 Å². The van der Waals surface area contributed by atoms with Gasteiger partial charge < -0.3 is 10.1 Å². The number of amides is 1. The summed E-state index contributed by atoms with van der Waals surface area (Å²) >= 11 is 5.91. The molecule has 0 saturated carbocycles. The second kappa shape index (κ2) is 10.0. The van der Waals surface area contributed by atoms with Gasteiger partial charge in [0, 0.05) is 29.7 Å². The van der Waals surface area contributed by atoms with Crippen LogP contribution in [0.15, 0.2) is 65.5 Å². The first-order chi connectivity index (χ1) is 14.4. The number of carbonyl (C=O) groups excluding carboxylic acids is 1. The van der Waals surface area contributed by atoms with Crippen molar-refractivity contribution < 1.29 is 13.9 Å². The van der Waals surface area contributed by atoms with Crippen molar-refractivity contribution in [1.29, 1.82) is 0 Å². The molecule has 3 rings (SSSR count). The highest BCUT2D eigenvalue weighted by Crippen LogP contribution is 2.18. The zero-order chi connectivity index (χ0) is 21.5. The molecule has 3 aromatic rings. The number of ether oxygens (including phenoxy) is 1. The standard InChI is InChI=1S/C22H21ClFN3O3/c1-15(30-19-9-7-18(24)8-10-19)22(29)25-13-2-14-27-21(28)12-11-20(26-27)16-3-5-17(23)6-4-16/h3-12,15H,2,13-14H2,1H3,(H,25,29). The zero-order valence-corrected chi connectivity index (χ0v) is 17.1. The minimum atomic E-state index is -0.732. The summed E-state index contributed by atoms with van der Waals surface area (Å²) in [7, 11) is 0. The number of hydrogen-bond donors (Lipinski definition) is 1. The lowest BCUT2D eigenvalue weighted by Gasteiger charge is -2.15. The van der Waals surface area contributed by atoms with E-state index < -0.39 is 6.10 Å². The van der Waals surface area contributed by atoms with Crippen LogP contribution in [0.25, 0.3) is 11.3 Å². The van der Waals surface area contributed by atoms with Gasteiger partial charge in [-0.25, -0.2) is 9.07 Å². The lowest BCUT2D eigenvalue weighted by molar-refractivity contribution is -0.127. The van der Waals surface area contributed by atoms with E-state index in [9.17, 15) is 14.0 Å². The first kappa shape index (κ1) is 21.5. The normalized spacial score (nSPS) is 11.7. The third kappa shape index (κ3) is 5.90. The zero-order valence-electron chi connectivity index (χ0n) is 16.3. The van der Waals surface area contributed by atoms with E-state index in [2.05, 4.69) is 10.4 Å². The van der Waals surface area contributed by atoms with Crippen LogP contribution >= 0.6 is 11.6 Å². The maximum absolute atomic E-state index is 12.9. The van der Waals surface area contributed by atoms with Crippen molar-refractivity contribution in [3.8, 4) is 17.0 Å². The van der Waals surface area contributed by atoms with Gasteiger partial charge >= 0.3 is 0 Å². The molecule has 8 heteroatoms. The van der Waals surface area contributed by atoms with Crippen LogP contribution in [0, 0.1) is 5.82 Å². The Hall–Kier alpha value is -3.19. The number of nitrogens with zero attached hydrogens (tertiary/aromatic N) is 2. The largest absolute Gasteiger partial charge is 0.481 e. The molecule has 6 nitrogen and oxygen atoms in total. The molecule has 0 aliphatic carbocycles. The van der Waals surface area contributed by atoms with E-state index in [1.807, 2.05) is 12.1 Å². The molecule has 2 aromatic carbocycles. The van der Waals surface area contributed by atoms with Crippen LogP contribution in [0.4, 0.5) is 4.39 Å². The average Bonchev–Trinajstić information content (AvgIpc) is 2.74. The van der Waals surface area contributed by atoms with Crippen molar-refractivity contribution >= 4 is 17.5 Å². The fourth-order valence-electron chi connectivity index (χ4n) is 2.74. The second-order valence-electron chi connectivity index (χ2n) is 6.65. The van der Waals surface area contributed by atoms with Crippen molar-refractivity contribution in [2.24, 2.45) is 0 Å². The van der Waals surface area contributed by atoms with E-state index in [-0.39, 0.29) is 17.3 Å². The molecule has 0 spiro atoms. The Morgan fingerprint density at radius 2 is 1.83 bits per heavy atom. The maximum Gasteiger partial charge on any atom is 0.266 e. The van der Waals surface area contributed by atoms with Crippen LogP contribution in [0.1, 0.15) is 13.3 Å². The molecular formula is C22H21ClFN3O3. The summed E-state index contributed by atoms with van der Waals surface area (Å²) in [6.07, 6.45) is -0.212. The Labute approximate surface area is 178 Å². The molecule has 1 heterocycles. The van der Waals surface area contributed by atoms with Crippen LogP contribution in [-0.2, 0) is 11.3 Å². The van der Waals surface area contributed by atoms with Gasteiger partial charge in [0.2, 0.25) is 0 Å². The van der Waals surface area contributed by atoms with Crippen molar-refractivity contribution in [1.82, 2.24) is 15.1 Å². The smallest absolute Gasteiger partial charge is 0.266 e. The quantitative estimate of drug-likeness (QED) is 0.554. The maximum atomic E-state index is 12.9. The summed E-state index contributed by atoms with van der Waals surface area (Å²) in [4.78, 5) is 24.2. The lowest BCUT2D eigenvalue weighted by Crippen LogP contribution is -2.37. The van der Waals surface area contributed by atoms with E-state index in [0.717, 1.165) is 5.56 Å². The molecule has 0 bridgehead atoms. The van der Waals surface area contributed by atoms with E-state index in [1.165, 1.54) is 35.0 Å². The number of benzene rings is 2. The van der Waals surface area contributed by atoms with Gasteiger partial charge in [-0.2, -0.15) is 5.10 Å². The van der Waals surface area contributed by atoms with Crippen molar-refractivity contribution in [2.45, 2.75) is 26.0 Å². The van der Waals surface area contributed by atoms with Crippen LogP contribution in [0.2, 0.25) is 5.02 Å². The first-order valence-corrected chi connectivity index (χ1v) is 9.84. The molecule has 1 aromatic heterocycles. The first-order valence-electron chi connectivity index (χ1n) is 9.46. The molecule has 0 aliphatic heterocycles. The van der Waals surface area contributed by atoms with E-state index >= 15 is 0 Å². The molecule has 1 unspecified atom stereocenters. The van der Waals surface area contributed by atoms with Gasteiger partial charge in [0.25, 0.3) is 11.5 Å². The second-order valence-corrected chi connectivity index (χ2v) is 7.08. The summed E-state index contributed by atoms with van der Waals surface area (Å²) < 4.78 is 19.8. The molecule has 156 valence electrons. The summed E-state index contributed by atoms with van der Waals surface area (Å²) in [6.45, 7) is 2.32. The van der Waals surface area contributed by atoms with E-state index in [4.69, 9.17) is 16.3 Å². The van der Waals surface area contributed by atoms with Gasteiger partial charge in [0.05, 0.1) is 5.69 Å². The molecule has 0 fully saturated rings. The van der Waals surface area contributed by atoms with Crippen LogP contribution in [0.5, 0.6) is 5.75 Å². The summed E-state index contributed by atoms with van der Waals surface area (Å²) in [5, 5.41) is 7.77. The SMILES string of the molecule is CC(Oc1ccc(F)cc1)C(=O)NCCCn1nc(-c2ccc(Cl)cc2)ccc1=O. The Balaban J connectivity index is 1.50. The number of aryl methyl sites for hydroxylation is 1. The Bertz CT molecular complexity index is 1050. The molecule has 1 amide bonds. The molecule has 0 aliphatic rings. The van der Waals surface area contributed by atoms with Gasteiger partial charge in [-0.15, -0.1) is 0 Å². The predicted octanol–water partition coefficient (Wildman–Crippen LogP) is 3.68. The van der Waals surface area contributed by atoms with Crippen molar-refractivity contribution in [3.63, 3.8) is 0 Å². The Morgan fingerprint density at radius 3 is 2.53 bits per heavy atom. The van der Waals surface area contributed by atoms with E-state index in [0.29, 0.717) is 36.0 Å². The van der Waals surface area contributed by atoms with Crippen LogP contribution in [0.3, 0.4) is 0 Å². The summed E-state index contributed by atoms with van der Waals surface area (Å²) in [5.74, 6) is -0.258. The number of halogens is 2. The highest BCUT2D eigenvalue weighted by molar-refractivity contribution is 6.30. The van der Waals surface area contributed by atoms with Gasteiger partial charge in [0.15, 0.2) is 6.10 Å². The fourth-order valence-corrected chi connectivity index (χ4v) is 2.86. The van der Waals surface area contributed by atoms with Gasteiger partial charge in [-0.3, -0.25) is 9.59 Å². The molecule has 0 radical (unpaired) electrons. The van der Waals surface area contributed by atoms with Crippen molar-refractivity contribution in [2.75, 3.05) is 6.54 Å². The van der Waals surface area contributed by atoms with Crippen LogP contribution in [-0.4, -0.2) is 28.3 Å². The number of aromatic nitrogens is 2. The average molecular weight is 430 g/mol. The van der Waals surface area contributed by atoms with Gasteiger partial charge in [-0.1, -0.05) is 23.7 Å². The topological polar surface area (TPSA) is 73.2 Å². The number of hydrogen-bond acceptors (Lipinski definition) is 4. The number of rotatable bonds is 8. The summed E-state index contributed by atoms with van der Waals surface area (Å²) in [6, 6.07) is 15.8. The van der Waals surface area contributed by atoms with Gasteiger partial charge in [0.1, 0.15) is 11.6 Å². The number of carbonyl (C=O) groups is 1. The lowest BCUT2D eigenvalue weighted by atomic mass is 10.1. The predicted molar refractivity (Wildman–Crippen MR) is 113 cm³/mol. The molecular weight excluding hydrogens is 409 g/mol. The highest BCUT2D eigenvalue weighted by Gasteiger charge is 2.14. The third-order valence-corrected chi connectivity index (χ3v) is 4.60. The number of nitrogens with one attached hydrogen (secondary N) is 1. The fraction of sp³-hybridized carbons (Fsp3) is 0.227. The van der Waals surface area contributed by atoms with Crippen molar-refractivity contribution in [3.05, 3.63) is 81.9 Å². The van der Waals surface area contributed by atoms with E-state index in [1.54, 1.807) is 25.1 Å². The molecule has 0 saturated heterocycles. The molecule has 30 heavy (non-hydrogen) atoms. The molecule has 1 N–H and O–H groups in total. The Kier molecular flexibility index (Phi) is 7.19. The summed E-state index contributed by atoms with van der Waals surface area (Å²) in [5.41, 5.74) is 1.30. The minimum absolute atomic E-state index is 0.216. The highest BCUT2D eigenvalue weighted by atomic mass is 35.5.